The third kappa shape index (κ3) is 4.71. The van der Waals surface area contributed by atoms with Crippen LogP contribution < -0.4 is 4.90 Å². The van der Waals surface area contributed by atoms with Crippen molar-refractivity contribution in [3.8, 4) is 11.3 Å². The zero-order valence-corrected chi connectivity index (χ0v) is 20.3. The van der Waals surface area contributed by atoms with E-state index in [2.05, 4.69) is 20.9 Å². The van der Waals surface area contributed by atoms with Gasteiger partial charge in [-0.2, -0.15) is 0 Å². The van der Waals surface area contributed by atoms with Crippen LogP contribution in [0.5, 0.6) is 0 Å². The lowest BCUT2D eigenvalue weighted by Gasteiger charge is -2.23. The maximum atomic E-state index is 12.7. The molecule has 0 saturated heterocycles. The van der Waals surface area contributed by atoms with Crippen LogP contribution in [-0.2, 0) is 19.1 Å². The Morgan fingerprint density at radius 3 is 2.46 bits per heavy atom. The van der Waals surface area contributed by atoms with E-state index in [9.17, 15) is 19.5 Å². The molecule has 1 N–H and O–H groups in total. The maximum absolute atomic E-state index is 12.7. The standard InChI is InChI=1S/C26H19BrN2O6/c1-34-25(32)18-8-3-4-11-29(23(18)26(33)35-2)17-7-5-6-15(12-17)22-14-20(24(30)31)19-13-16(27)9-10-21(19)28-22/h3-14H,1-2H3,(H,30,31). The minimum atomic E-state index is -1.08. The molecule has 0 spiro atoms. The van der Waals surface area contributed by atoms with Crippen molar-refractivity contribution in [1.82, 2.24) is 4.98 Å². The highest BCUT2D eigenvalue weighted by atomic mass is 79.9. The van der Waals surface area contributed by atoms with Crippen molar-refractivity contribution in [3.05, 3.63) is 94.3 Å². The summed E-state index contributed by atoms with van der Waals surface area (Å²) in [7, 11) is 2.45. The molecule has 0 radical (unpaired) electrons. The van der Waals surface area contributed by atoms with E-state index in [-0.39, 0.29) is 16.8 Å². The van der Waals surface area contributed by atoms with Gasteiger partial charge in [-0.05, 0) is 48.6 Å². The Bertz CT molecular complexity index is 1460. The minimum absolute atomic E-state index is 0.0240. The van der Waals surface area contributed by atoms with Gasteiger partial charge >= 0.3 is 17.9 Å². The van der Waals surface area contributed by atoms with Crippen LogP contribution >= 0.6 is 15.9 Å². The summed E-state index contributed by atoms with van der Waals surface area (Å²) in [6.07, 6.45) is 6.37. The summed E-state index contributed by atoms with van der Waals surface area (Å²) in [4.78, 5) is 43.2. The molecule has 0 fully saturated rings. The van der Waals surface area contributed by atoms with E-state index in [0.717, 1.165) is 4.47 Å². The first-order valence-corrected chi connectivity index (χ1v) is 11.1. The predicted molar refractivity (Wildman–Crippen MR) is 134 cm³/mol. The van der Waals surface area contributed by atoms with Gasteiger partial charge in [0.15, 0.2) is 0 Å². The van der Waals surface area contributed by atoms with Crippen LogP contribution in [0.25, 0.3) is 22.2 Å². The highest BCUT2D eigenvalue weighted by Gasteiger charge is 2.27. The van der Waals surface area contributed by atoms with Gasteiger partial charge in [0, 0.05) is 27.3 Å². The van der Waals surface area contributed by atoms with Gasteiger partial charge in [0.2, 0.25) is 0 Å². The molecule has 1 aliphatic rings. The number of carboxylic acids is 1. The molecule has 2 aromatic carbocycles. The number of rotatable bonds is 5. The number of carboxylic acid groups (broad SMARTS) is 1. The summed E-state index contributed by atoms with van der Waals surface area (Å²) in [5.74, 6) is -2.50. The Balaban J connectivity index is 1.88. The van der Waals surface area contributed by atoms with E-state index in [0.29, 0.717) is 27.8 Å². The number of allylic oxidation sites excluding steroid dienone is 2. The number of nitrogens with zero attached hydrogens (tertiary/aromatic N) is 2. The van der Waals surface area contributed by atoms with Crippen LogP contribution in [0.1, 0.15) is 10.4 Å². The predicted octanol–water partition coefficient (Wildman–Crippen LogP) is 4.85. The van der Waals surface area contributed by atoms with Crippen molar-refractivity contribution in [2.75, 3.05) is 19.1 Å². The van der Waals surface area contributed by atoms with Gasteiger partial charge in [-0.15, -0.1) is 0 Å². The summed E-state index contributed by atoms with van der Waals surface area (Å²) in [5.41, 5.74) is 2.21. The van der Waals surface area contributed by atoms with Crippen LogP contribution in [0, 0.1) is 0 Å². The lowest BCUT2D eigenvalue weighted by molar-refractivity contribution is -0.139. The number of anilines is 1. The molecular weight excluding hydrogens is 516 g/mol. The number of carbonyl (C=O) groups excluding carboxylic acids is 2. The quantitative estimate of drug-likeness (QED) is 0.463. The van der Waals surface area contributed by atoms with Gasteiger partial charge in [0.1, 0.15) is 5.70 Å². The van der Waals surface area contributed by atoms with Gasteiger partial charge in [-0.25, -0.2) is 19.4 Å². The Morgan fingerprint density at radius 1 is 0.971 bits per heavy atom. The molecule has 3 aromatic rings. The van der Waals surface area contributed by atoms with E-state index in [4.69, 9.17) is 9.47 Å². The summed E-state index contributed by atoms with van der Waals surface area (Å²) >= 11 is 3.37. The average molecular weight is 535 g/mol. The second kappa shape index (κ2) is 9.94. The number of aromatic carboxylic acids is 1. The third-order valence-electron chi connectivity index (χ3n) is 5.31. The van der Waals surface area contributed by atoms with E-state index >= 15 is 0 Å². The van der Waals surface area contributed by atoms with E-state index in [1.54, 1.807) is 60.8 Å². The SMILES string of the molecule is COC(=O)C1=C(C(=O)OC)N(c2cccc(-c3cc(C(=O)O)c4cc(Br)ccc4n3)c2)C=CC=C1. The number of benzene rings is 2. The van der Waals surface area contributed by atoms with Gasteiger partial charge in [0.05, 0.1) is 36.6 Å². The Morgan fingerprint density at radius 2 is 1.74 bits per heavy atom. The van der Waals surface area contributed by atoms with Crippen molar-refractivity contribution in [2.45, 2.75) is 0 Å². The van der Waals surface area contributed by atoms with Crippen molar-refractivity contribution < 1.29 is 29.0 Å². The first-order chi connectivity index (χ1) is 16.8. The number of hydrogen-bond acceptors (Lipinski definition) is 7. The number of aromatic nitrogens is 1. The summed E-state index contributed by atoms with van der Waals surface area (Å²) < 4.78 is 10.5. The largest absolute Gasteiger partial charge is 0.478 e. The van der Waals surface area contributed by atoms with Crippen LogP contribution in [-0.4, -0.2) is 42.2 Å². The Hall–Kier alpha value is -4.24. The van der Waals surface area contributed by atoms with E-state index in [1.807, 2.05) is 0 Å². The number of carbonyl (C=O) groups is 3. The fraction of sp³-hybridized carbons (Fsp3) is 0.0769. The number of methoxy groups -OCH3 is 2. The topological polar surface area (TPSA) is 106 Å². The first-order valence-electron chi connectivity index (χ1n) is 10.3. The van der Waals surface area contributed by atoms with Crippen molar-refractivity contribution in [1.29, 1.82) is 0 Å². The third-order valence-corrected chi connectivity index (χ3v) is 5.80. The molecular formula is C26H19BrN2O6. The molecule has 176 valence electrons. The first kappa shape index (κ1) is 23.9. The van der Waals surface area contributed by atoms with Crippen molar-refractivity contribution >= 4 is 50.4 Å². The molecule has 0 aliphatic carbocycles. The number of halogens is 1. The number of ether oxygens (including phenoxy) is 2. The summed E-state index contributed by atoms with van der Waals surface area (Å²) in [6.45, 7) is 0. The zero-order valence-electron chi connectivity index (χ0n) is 18.7. The van der Waals surface area contributed by atoms with Crippen LogP contribution in [0.4, 0.5) is 5.69 Å². The maximum Gasteiger partial charge on any atom is 0.355 e. The van der Waals surface area contributed by atoms with Gasteiger partial charge in [0.25, 0.3) is 0 Å². The van der Waals surface area contributed by atoms with Gasteiger partial charge in [-0.3, -0.25) is 0 Å². The van der Waals surface area contributed by atoms with E-state index < -0.39 is 17.9 Å². The fourth-order valence-electron chi connectivity index (χ4n) is 3.70. The molecule has 4 rings (SSSR count). The fourth-order valence-corrected chi connectivity index (χ4v) is 4.06. The monoisotopic (exact) mass is 534 g/mol. The van der Waals surface area contributed by atoms with Crippen molar-refractivity contribution in [3.63, 3.8) is 0 Å². The van der Waals surface area contributed by atoms with Crippen molar-refractivity contribution in [2.24, 2.45) is 0 Å². The molecule has 0 amide bonds. The van der Waals surface area contributed by atoms with Gasteiger partial charge < -0.3 is 19.5 Å². The molecule has 1 aliphatic heterocycles. The number of fused-ring (bicyclic) bond motifs is 1. The number of pyridine rings is 1. The summed E-state index contributed by atoms with van der Waals surface area (Å²) in [6, 6.07) is 13.8. The molecule has 35 heavy (non-hydrogen) atoms. The normalized spacial score (nSPS) is 13.1. The molecule has 1 aromatic heterocycles. The molecule has 2 heterocycles. The van der Waals surface area contributed by atoms with Crippen LogP contribution in [0.3, 0.4) is 0 Å². The lowest BCUT2D eigenvalue weighted by atomic mass is 10.0. The highest BCUT2D eigenvalue weighted by Crippen LogP contribution is 2.32. The molecule has 8 nitrogen and oxygen atoms in total. The molecule has 0 atom stereocenters. The molecule has 0 unspecified atom stereocenters. The highest BCUT2D eigenvalue weighted by molar-refractivity contribution is 9.10. The molecule has 0 saturated carbocycles. The summed E-state index contributed by atoms with van der Waals surface area (Å²) in [5, 5.41) is 10.3. The molecule has 9 heteroatoms. The van der Waals surface area contributed by atoms with Crippen LogP contribution in [0.2, 0.25) is 0 Å². The second-order valence-electron chi connectivity index (χ2n) is 7.39. The lowest BCUT2D eigenvalue weighted by Crippen LogP contribution is -2.26. The average Bonchev–Trinajstić information content (AvgIpc) is 3.10. The molecule has 0 bridgehead atoms. The smallest absolute Gasteiger partial charge is 0.355 e. The number of esters is 2. The van der Waals surface area contributed by atoms with Crippen LogP contribution in [0.15, 0.2) is 88.7 Å². The Kier molecular flexibility index (Phi) is 6.79. The zero-order chi connectivity index (χ0) is 25.1. The Labute approximate surface area is 208 Å². The van der Waals surface area contributed by atoms with E-state index in [1.165, 1.54) is 31.3 Å². The number of hydrogen-bond donors (Lipinski definition) is 1. The van der Waals surface area contributed by atoms with Gasteiger partial charge in [-0.1, -0.05) is 34.1 Å². The minimum Gasteiger partial charge on any atom is -0.478 e. The second-order valence-corrected chi connectivity index (χ2v) is 8.30.